The summed E-state index contributed by atoms with van der Waals surface area (Å²) in [5.41, 5.74) is 1.86. The quantitative estimate of drug-likeness (QED) is 0.840. The highest BCUT2D eigenvalue weighted by atomic mass is 16.2. The number of amides is 2. The van der Waals surface area contributed by atoms with E-state index in [1.54, 1.807) is 4.90 Å². The van der Waals surface area contributed by atoms with Crippen LogP contribution < -0.4 is 10.2 Å². The molecule has 1 aromatic carbocycles. The number of anilines is 2. The first kappa shape index (κ1) is 17.8. The van der Waals surface area contributed by atoms with Gasteiger partial charge in [0.1, 0.15) is 0 Å². The third kappa shape index (κ3) is 4.53. The van der Waals surface area contributed by atoms with Gasteiger partial charge in [-0.05, 0) is 61.8 Å². The minimum Gasteiger partial charge on any atom is -0.372 e. The Bertz CT molecular complexity index is 598. The van der Waals surface area contributed by atoms with E-state index in [4.69, 9.17) is 0 Å². The first-order valence-corrected chi connectivity index (χ1v) is 9.48. The van der Waals surface area contributed by atoms with Gasteiger partial charge in [0.15, 0.2) is 0 Å². The van der Waals surface area contributed by atoms with Gasteiger partial charge in [-0.3, -0.25) is 9.59 Å². The van der Waals surface area contributed by atoms with Crippen molar-refractivity contribution in [1.82, 2.24) is 4.90 Å². The number of nitrogens with zero attached hydrogens (tertiary/aromatic N) is 2. The highest BCUT2D eigenvalue weighted by Gasteiger charge is 2.29. The van der Waals surface area contributed by atoms with Crippen LogP contribution in [0, 0.1) is 11.8 Å². The van der Waals surface area contributed by atoms with Gasteiger partial charge in [0, 0.05) is 37.6 Å². The number of likely N-dealkylation sites (tertiary alicyclic amines) is 1. The zero-order valence-electron chi connectivity index (χ0n) is 15.3. The Morgan fingerprint density at radius 1 is 0.960 bits per heavy atom. The molecule has 3 rings (SSSR count). The zero-order valence-corrected chi connectivity index (χ0v) is 15.3. The summed E-state index contributed by atoms with van der Waals surface area (Å²) >= 11 is 0. The Kier molecular flexibility index (Phi) is 5.61. The number of nitrogens with one attached hydrogen (secondary N) is 1. The number of hydrogen-bond donors (Lipinski definition) is 1. The summed E-state index contributed by atoms with van der Waals surface area (Å²) in [6, 6.07) is 7.82. The third-order valence-electron chi connectivity index (χ3n) is 5.20. The molecule has 0 saturated carbocycles. The molecule has 0 bridgehead atoms. The summed E-state index contributed by atoms with van der Waals surface area (Å²) in [4.78, 5) is 28.8. The molecule has 0 radical (unpaired) electrons. The monoisotopic (exact) mass is 343 g/mol. The van der Waals surface area contributed by atoms with E-state index in [0.717, 1.165) is 19.5 Å². The van der Waals surface area contributed by atoms with E-state index in [1.807, 2.05) is 24.3 Å². The summed E-state index contributed by atoms with van der Waals surface area (Å²) in [5, 5.41) is 2.75. The molecule has 2 atom stereocenters. The van der Waals surface area contributed by atoms with Gasteiger partial charge in [-0.15, -0.1) is 0 Å². The molecule has 2 aliphatic rings. The molecule has 2 amide bonds. The topological polar surface area (TPSA) is 52.7 Å². The van der Waals surface area contributed by atoms with E-state index in [1.165, 1.54) is 24.9 Å². The molecular weight excluding hydrogens is 314 g/mol. The molecule has 1 N–H and O–H groups in total. The van der Waals surface area contributed by atoms with Crippen molar-refractivity contribution in [3.05, 3.63) is 24.3 Å². The van der Waals surface area contributed by atoms with Gasteiger partial charge in [-0.25, -0.2) is 0 Å². The minimum atomic E-state index is -0.535. The van der Waals surface area contributed by atoms with Gasteiger partial charge >= 0.3 is 11.8 Å². The minimum absolute atomic E-state index is 0.418. The standard InChI is InChI=1S/C20H29N3O2/c1-15-12-16(2)14-23(13-15)20(25)19(24)21-17-6-8-18(9-7-17)22-10-4-3-5-11-22/h6-9,15-16H,3-5,10-14H2,1-2H3,(H,21,24). The summed E-state index contributed by atoms with van der Waals surface area (Å²) < 4.78 is 0. The van der Waals surface area contributed by atoms with Crippen LogP contribution in [0.2, 0.25) is 0 Å². The predicted octanol–water partition coefficient (Wildman–Crippen LogP) is 3.12. The summed E-state index contributed by atoms with van der Waals surface area (Å²) in [6.07, 6.45) is 4.89. The maximum absolute atomic E-state index is 12.4. The van der Waals surface area contributed by atoms with Crippen LogP contribution in [-0.2, 0) is 9.59 Å². The molecule has 2 aliphatic heterocycles. The fraction of sp³-hybridized carbons (Fsp3) is 0.600. The number of hydrogen-bond acceptors (Lipinski definition) is 3. The predicted molar refractivity (Wildman–Crippen MR) is 101 cm³/mol. The number of piperidine rings is 2. The van der Waals surface area contributed by atoms with Crippen LogP contribution in [0.25, 0.3) is 0 Å². The maximum Gasteiger partial charge on any atom is 0.313 e. The Morgan fingerprint density at radius 3 is 2.16 bits per heavy atom. The number of rotatable bonds is 2. The Labute approximate surface area is 150 Å². The van der Waals surface area contributed by atoms with Gasteiger partial charge in [0.2, 0.25) is 0 Å². The van der Waals surface area contributed by atoms with E-state index in [-0.39, 0.29) is 0 Å². The van der Waals surface area contributed by atoms with Crippen molar-refractivity contribution in [2.75, 3.05) is 36.4 Å². The van der Waals surface area contributed by atoms with Gasteiger partial charge in [-0.1, -0.05) is 13.8 Å². The van der Waals surface area contributed by atoms with Crippen LogP contribution >= 0.6 is 0 Å². The van der Waals surface area contributed by atoms with Crippen LogP contribution in [-0.4, -0.2) is 42.9 Å². The van der Waals surface area contributed by atoms with Crippen LogP contribution in [0.5, 0.6) is 0 Å². The third-order valence-corrected chi connectivity index (χ3v) is 5.20. The average Bonchev–Trinajstić information content (AvgIpc) is 2.61. The highest BCUT2D eigenvalue weighted by molar-refractivity contribution is 6.39. The molecular formula is C20H29N3O2. The highest BCUT2D eigenvalue weighted by Crippen LogP contribution is 2.23. The van der Waals surface area contributed by atoms with Crippen LogP contribution in [0.4, 0.5) is 11.4 Å². The summed E-state index contributed by atoms with van der Waals surface area (Å²) in [6.45, 7) is 7.79. The van der Waals surface area contributed by atoms with Crippen LogP contribution in [0.3, 0.4) is 0 Å². The molecule has 2 heterocycles. The fourth-order valence-electron chi connectivity index (χ4n) is 4.06. The van der Waals surface area contributed by atoms with Crippen molar-refractivity contribution in [3.8, 4) is 0 Å². The molecule has 2 saturated heterocycles. The van der Waals surface area contributed by atoms with Gasteiger partial charge in [0.25, 0.3) is 0 Å². The van der Waals surface area contributed by atoms with E-state index in [2.05, 4.69) is 24.1 Å². The Balaban J connectivity index is 1.57. The zero-order chi connectivity index (χ0) is 17.8. The molecule has 1 aromatic rings. The Hall–Kier alpha value is -2.04. The first-order chi connectivity index (χ1) is 12.0. The molecule has 25 heavy (non-hydrogen) atoms. The summed E-state index contributed by atoms with van der Waals surface area (Å²) in [5.74, 6) is -0.0563. The molecule has 2 unspecified atom stereocenters. The molecule has 5 heteroatoms. The summed E-state index contributed by atoms with van der Waals surface area (Å²) in [7, 11) is 0. The Morgan fingerprint density at radius 2 is 1.56 bits per heavy atom. The average molecular weight is 343 g/mol. The second-order valence-electron chi connectivity index (χ2n) is 7.70. The van der Waals surface area contributed by atoms with E-state index < -0.39 is 11.8 Å². The lowest BCUT2D eigenvalue weighted by molar-refractivity contribution is -0.144. The van der Waals surface area contributed by atoms with Crippen molar-refractivity contribution < 1.29 is 9.59 Å². The number of benzene rings is 1. The van der Waals surface area contributed by atoms with Gasteiger partial charge < -0.3 is 15.1 Å². The maximum atomic E-state index is 12.4. The molecule has 2 fully saturated rings. The smallest absolute Gasteiger partial charge is 0.313 e. The fourth-order valence-corrected chi connectivity index (χ4v) is 4.06. The molecule has 0 aromatic heterocycles. The van der Waals surface area contributed by atoms with Crippen molar-refractivity contribution in [2.24, 2.45) is 11.8 Å². The normalized spacial score (nSPS) is 24.1. The second-order valence-corrected chi connectivity index (χ2v) is 7.70. The molecule has 0 aliphatic carbocycles. The SMILES string of the molecule is CC1CC(C)CN(C(=O)C(=O)Nc2ccc(N3CCCCC3)cc2)C1. The largest absolute Gasteiger partial charge is 0.372 e. The molecule has 136 valence electrons. The number of carbonyl (C=O) groups excluding carboxylic acids is 2. The second kappa shape index (κ2) is 7.89. The molecule has 5 nitrogen and oxygen atoms in total. The van der Waals surface area contributed by atoms with Crippen molar-refractivity contribution in [2.45, 2.75) is 39.5 Å². The lowest BCUT2D eigenvalue weighted by Crippen LogP contribution is -2.47. The molecule has 0 spiro atoms. The van der Waals surface area contributed by atoms with Gasteiger partial charge in [0.05, 0.1) is 0 Å². The van der Waals surface area contributed by atoms with Crippen molar-refractivity contribution in [3.63, 3.8) is 0 Å². The van der Waals surface area contributed by atoms with Crippen molar-refractivity contribution >= 4 is 23.2 Å². The van der Waals surface area contributed by atoms with Crippen LogP contribution in [0.1, 0.15) is 39.5 Å². The van der Waals surface area contributed by atoms with Crippen LogP contribution in [0.15, 0.2) is 24.3 Å². The lowest BCUT2D eigenvalue weighted by atomic mass is 9.92. The lowest BCUT2D eigenvalue weighted by Gasteiger charge is -2.34. The van der Waals surface area contributed by atoms with E-state index in [0.29, 0.717) is 30.6 Å². The van der Waals surface area contributed by atoms with E-state index >= 15 is 0 Å². The van der Waals surface area contributed by atoms with Crippen molar-refractivity contribution in [1.29, 1.82) is 0 Å². The first-order valence-electron chi connectivity index (χ1n) is 9.48. The number of carbonyl (C=O) groups is 2. The van der Waals surface area contributed by atoms with E-state index in [9.17, 15) is 9.59 Å². The van der Waals surface area contributed by atoms with Gasteiger partial charge in [-0.2, -0.15) is 0 Å².